The summed E-state index contributed by atoms with van der Waals surface area (Å²) in [5, 5.41) is 13.7. The number of piperidine rings is 1. The molecule has 6 rings (SSSR count). The zero-order chi connectivity index (χ0) is 28.8. The van der Waals surface area contributed by atoms with Crippen LogP contribution in [-0.4, -0.2) is 60.0 Å². The van der Waals surface area contributed by atoms with Crippen molar-refractivity contribution in [2.75, 3.05) is 13.6 Å². The van der Waals surface area contributed by atoms with Crippen LogP contribution in [0.5, 0.6) is 0 Å². The highest BCUT2D eigenvalue weighted by Crippen LogP contribution is 2.38. The highest BCUT2D eigenvalue weighted by molar-refractivity contribution is 9.10. The number of likely N-dealkylation sites (tertiary alicyclic amines) is 1. The fraction of sp³-hybridized carbons (Fsp3) is 0.345. The first-order chi connectivity index (χ1) is 19.7. The number of rotatable bonds is 5. The van der Waals surface area contributed by atoms with Gasteiger partial charge in [0, 0.05) is 40.6 Å². The van der Waals surface area contributed by atoms with Crippen LogP contribution in [0.25, 0.3) is 11.3 Å². The molecular formula is C29H28BrClFN7O2. The summed E-state index contributed by atoms with van der Waals surface area (Å²) in [4.78, 5) is 30.2. The maximum Gasteiger partial charge on any atom is 0.228 e. The number of carbonyl (C=O) groups excluding carboxylic acids is 2. The zero-order valence-corrected chi connectivity index (χ0v) is 24.9. The third kappa shape index (κ3) is 5.17. The van der Waals surface area contributed by atoms with Gasteiger partial charge in [0.2, 0.25) is 11.8 Å². The first-order valence-corrected chi connectivity index (χ1v) is 14.6. The van der Waals surface area contributed by atoms with E-state index in [0.29, 0.717) is 53.2 Å². The van der Waals surface area contributed by atoms with Crippen LogP contribution in [0.2, 0.25) is 5.02 Å². The van der Waals surface area contributed by atoms with Crippen molar-refractivity contribution < 1.29 is 14.0 Å². The quantitative estimate of drug-likeness (QED) is 0.297. The molecule has 0 spiro atoms. The standard InChI is InChI=1S/C29H28BrClFN7O2/c1-17(21-7-6-19(30)13-24(21)32)39-15-25(34-35-39)23-14-33-38-11-10-37(16-26(23)38)29(41)22-8-9-27(40)36(2)28(22)18-4-3-5-20(31)12-18/h3-7,12-15,17,22,28H,8-11,16H2,1-2H3/t17-,22?,28?/m1/s1. The lowest BCUT2D eigenvalue weighted by molar-refractivity contribution is -0.147. The first-order valence-electron chi connectivity index (χ1n) is 13.4. The molecule has 2 aliphatic heterocycles. The van der Waals surface area contributed by atoms with E-state index >= 15 is 0 Å². The highest BCUT2D eigenvalue weighted by atomic mass is 79.9. The summed E-state index contributed by atoms with van der Waals surface area (Å²) in [6.07, 6.45) is 4.31. The molecule has 2 amide bonds. The second-order valence-corrected chi connectivity index (χ2v) is 11.9. The Bertz CT molecular complexity index is 1640. The average Bonchev–Trinajstić information content (AvgIpc) is 3.61. The lowest BCUT2D eigenvalue weighted by Crippen LogP contribution is -2.49. The molecule has 0 bridgehead atoms. The van der Waals surface area contributed by atoms with Gasteiger partial charge in [0.15, 0.2) is 0 Å². The lowest BCUT2D eigenvalue weighted by atomic mass is 9.83. The number of hydrogen-bond acceptors (Lipinski definition) is 5. The molecule has 2 aliphatic rings. The molecule has 0 saturated carbocycles. The lowest BCUT2D eigenvalue weighted by Gasteiger charge is -2.41. The van der Waals surface area contributed by atoms with Gasteiger partial charge in [0.1, 0.15) is 11.5 Å². The molecular weight excluding hydrogens is 613 g/mol. The molecule has 1 fully saturated rings. The topological polar surface area (TPSA) is 89.2 Å². The number of benzene rings is 2. The van der Waals surface area contributed by atoms with Gasteiger partial charge in [-0.1, -0.05) is 50.9 Å². The number of amides is 2. The van der Waals surface area contributed by atoms with E-state index in [1.165, 1.54) is 6.07 Å². The Morgan fingerprint density at radius 1 is 1.20 bits per heavy atom. The van der Waals surface area contributed by atoms with E-state index in [9.17, 15) is 14.0 Å². The predicted octanol–water partition coefficient (Wildman–Crippen LogP) is 5.26. The van der Waals surface area contributed by atoms with Gasteiger partial charge in [-0.25, -0.2) is 9.07 Å². The van der Waals surface area contributed by atoms with E-state index in [2.05, 4.69) is 31.3 Å². The van der Waals surface area contributed by atoms with E-state index in [-0.39, 0.29) is 23.7 Å². The minimum atomic E-state index is -0.394. The maximum absolute atomic E-state index is 14.6. The molecule has 4 heterocycles. The Kier molecular flexibility index (Phi) is 7.41. The van der Waals surface area contributed by atoms with E-state index in [1.54, 1.807) is 47.2 Å². The molecule has 41 heavy (non-hydrogen) atoms. The maximum atomic E-state index is 14.6. The van der Waals surface area contributed by atoms with Gasteiger partial charge in [-0.3, -0.25) is 14.3 Å². The molecule has 9 nitrogen and oxygen atoms in total. The van der Waals surface area contributed by atoms with Crippen molar-refractivity contribution in [1.29, 1.82) is 0 Å². The number of halogens is 3. The van der Waals surface area contributed by atoms with Gasteiger partial charge >= 0.3 is 0 Å². The van der Waals surface area contributed by atoms with Gasteiger partial charge in [0.25, 0.3) is 0 Å². The van der Waals surface area contributed by atoms with E-state index in [1.807, 2.05) is 34.7 Å². The molecule has 0 radical (unpaired) electrons. The van der Waals surface area contributed by atoms with Crippen molar-refractivity contribution in [3.8, 4) is 11.3 Å². The van der Waals surface area contributed by atoms with Crippen molar-refractivity contribution in [3.05, 3.63) is 87.0 Å². The van der Waals surface area contributed by atoms with Crippen LogP contribution in [0.1, 0.15) is 48.7 Å². The Balaban J connectivity index is 1.25. The summed E-state index contributed by atoms with van der Waals surface area (Å²) in [5.74, 6) is -0.710. The van der Waals surface area contributed by atoms with Crippen LogP contribution >= 0.6 is 27.5 Å². The van der Waals surface area contributed by atoms with Gasteiger partial charge in [0.05, 0.1) is 49.2 Å². The van der Waals surface area contributed by atoms with Crippen molar-refractivity contribution in [2.45, 2.75) is 44.9 Å². The second kappa shape index (κ2) is 11.0. The molecule has 4 aromatic rings. The third-order valence-electron chi connectivity index (χ3n) is 8.15. The van der Waals surface area contributed by atoms with Gasteiger partial charge in [-0.2, -0.15) is 5.10 Å². The van der Waals surface area contributed by atoms with Crippen molar-refractivity contribution in [2.24, 2.45) is 5.92 Å². The number of fused-ring (bicyclic) bond motifs is 1. The number of nitrogens with zero attached hydrogens (tertiary/aromatic N) is 7. The van der Waals surface area contributed by atoms with Gasteiger partial charge in [-0.15, -0.1) is 5.10 Å². The number of carbonyl (C=O) groups is 2. The Morgan fingerprint density at radius 3 is 2.80 bits per heavy atom. The van der Waals surface area contributed by atoms with E-state index in [4.69, 9.17) is 11.6 Å². The predicted molar refractivity (Wildman–Crippen MR) is 154 cm³/mol. The summed E-state index contributed by atoms with van der Waals surface area (Å²) in [5.41, 5.74) is 3.59. The molecule has 2 aromatic carbocycles. The molecule has 12 heteroatoms. The van der Waals surface area contributed by atoms with Gasteiger partial charge < -0.3 is 9.80 Å². The smallest absolute Gasteiger partial charge is 0.228 e. The summed E-state index contributed by atoms with van der Waals surface area (Å²) in [6, 6.07) is 11.6. The van der Waals surface area contributed by atoms with E-state index < -0.39 is 12.0 Å². The molecule has 3 atom stereocenters. The molecule has 0 aliphatic carbocycles. The normalized spacial score (nSPS) is 19.8. The molecule has 1 saturated heterocycles. The summed E-state index contributed by atoms with van der Waals surface area (Å²) in [6.45, 7) is 3.27. The summed E-state index contributed by atoms with van der Waals surface area (Å²) in [7, 11) is 1.75. The molecule has 0 N–H and O–H groups in total. The van der Waals surface area contributed by atoms with Crippen molar-refractivity contribution >= 4 is 39.3 Å². The SMILES string of the molecule is C[C@H](c1ccc(Br)cc1F)n1cc(-c2cnn3c2CN(C(=O)C2CCC(=O)N(C)C2c2cccc(Cl)c2)CC3)nn1. The Labute approximate surface area is 250 Å². The van der Waals surface area contributed by atoms with Crippen LogP contribution in [0.4, 0.5) is 4.39 Å². The van der Waals surface area contributed by atoms with Gasteiger partial charge in [-0.05, 0) is 43.2 Å². The third-order valence-corrected chi connectivity index (χ3v) is 8.88. The highest BCUT2D eigenvalue weighted by Gasteiger charge is 2.41. The monoisotopic (exact) mass is 639 g/mol. The van der Waals surface area contributed by atoms with Crippen LogP contribution in [0, 0.1) is 11.7 Å². The van der Waals surface area contributed by atoms with Crippen LogP contribution < -0.4 is 0 Å². The Morgan fingerprint density at radius 2 is 2.02 bits per heavy atom. The number of hydrogen-bond donors (Lipinski definition) is 0. The van der Waals surface area contributed by atoms with Crippen molar-refractivity contribution in [1.82, 2.24) is 34.6 Å². The average molecular weight is 641 g/mol. The van der Waals surface area contributed by atoms with Crippen LogP contribution in [-0.2, 0) is 22.7 Å². The van der Waals surface area contributed by atoms with Crippen molar-refractivity contribution in [3.63, 3.8) is 0 Å². The minimum Gasteiger partial charge on any atom is -0.338 e. The fourth-order valence-corrected chi connectivity index (χ4v) is 6.43. The molecule has 212 valence electrons. The minimum absolute atomic E-state index is 0.00397. The van der Waals surface area contributed by atoms with Crippen LogP contribution in [0.15, 0.2) is 59.3 Å². The van der Waals surface area contributed by atoms with E-state index in [0.717, 1.165) is 16.8 Å². The number of aromatic nitrogens is 5. The first kappa shape index (κ1) is 27.6. The second-order valence-electron chi connectivity index (χ2n) is 10.6. The molecule has 2 unspecified atom stereocenters. The zero-order valence-electron chi connectivity index (χ0n) is 22.5. The Hall–Kier alpha value is -3.57. The largest absolute Gasteiger partial charge is 0.338 e. The van der Waals surface area contributed by atoms with Crippen LogP contribution in [0.3, 0.4) is 0 Å². The summed E-state index contributed by atoms with van der Waals surface area (Å²) >= 11 is 9.57. The fourth-order valence-electron chi connectivity index (χ4n) is 5.90. The summed E-state index contributed by atoms with van der Waals surface area (Å²) < 4.78 is 18.8. The molecule has 2 aromatic heterocycles.